The summed E-state index contributed by atoms with van der Waals surface area (Å²) in [5, 5.41) is 0. The van der Waals surface area contributed by atoms with Crippen molar-refractivity contribution in [2.24, 2.45) is 0 Å². The Bertz CT molecular complexity index is 281. The number of halogens is 1. The average molecular weight is 290 g/mol. The number of ether oxygens (including phenoxy) is 1. The highest BCUT2D eigenvalue weighted by atomic mass is 127. The van der Waals surface area contributed by atoms with Crippen molar-refractivity contribution in [3.8, 4) is 0 Å². The van der Waals surface area contributed by atoms with E-state index in [-0.39, 0.29) is 0 Å². The van der Waals surface area contributed by atoms with Crippen molar-refractivity contribution in [3.63, 3.8) is 0 Å². The lowest BCUT2D eigenvalue weighted by Gasteiger charge is -2.08. The highest BCUT2D eigenvalue weighted by Gasteiger charge is 1.98. The van der Waals surface area contributed by atoms with E-state index < -0.39 is 0 Å². The van der Waals surface area contributed by atoms with Gasteiger partial charge in [-0.3, -0.25) is 0 Å². The molecule has 0 aliphatic carbocycles. The molecule has 13 heavy (non-hydrogen) atoms. The molecule has 0 N–H and O–H groups in total. The van der Waals surface area contributed by atoms with Gasteiger partial charge in [-0.25, -0.2) is 0 Å². The standard InChI is InChI=1S/C11H15IO/c1-8(2)13-7-10-5-4-9(3)11(12)6-10/h4-6,8H,7H2,1-3H3. The molecule has 0 saturated carbocycles. The first-order chi connectivity index (χ1) is 6.09. The van der Waals surface area contributed by atoms with Crippen LogP contribution >= 0.6 is 22.6 Å². The van der Waals surface area contributed by atoms with Crippen LogP contribution in [0.15, 0.2) is 18.2 Å². The van der Waals surface area contributed by atoms with Gasteiger partial charge in [0.25, 0.3) is 0 Å². The van der Waals surface area contributed by atoms with Gasteiger partial charge in [0.15, 0.2) is 0 Å². The van der Waals surface area contributed by atoms with Crippen LogP contribution in [-0.4, -0.2) is 6.10 Å². The number of hydrogen-bond acceptors (Lipinski definition) is 1. The molecule has 0 fully saturated rings. The molecule has 1 rings (SSSR count). The van der Waals surface area contributed by atoms with Crippen LogP contribution in [-0.2, 0) is 11.3 Å². The minimum atomic E-state index is 0.305. The predicted molar refractivity (Wildman–Crippen MR) is 63.8 cm³/mol. The summed E-state index contributed by atoms with van der Waals surface area (Å²) < 4.78 is 6.83. The lowest BCUT2D eigenvalue weighted by molar-refractivity contribution is 0.0657. The lowest BCUT2D eigenvalue weighted by Crippen LogP contribution is -2.02. The third kappa shape index (κ3) is 3.65. The average Bonchev–Trinajstić information content (AvgIpc) is 2.07. The van der Waals surface area contributed by atoms with Gasteiger partial charge in [0, 0.05) is 3.57 Å². The fourth-order valence-electron chi connectivity index (χ4n) is 0.989. The highest BCUT2D eigenvalue weighted by Crippen LogP contribution is 2.14. The molecule has 0 aliphatic heterocycles. The van der Waals surface area contributed by atoms with Gasteiger partial charge >= 0.3 is 0 Å². The van der Waals surface area contributed by atoms with Gasteiger partial charge in [0.05, 0.1) is 12.7 Å². The van der Waals surface area contributed by atoms with E-state index >= 15 is 0 Å². The second-order valence-electron chi connectivity index (χ2n) is 3.44. The SMILES string of the molecule is Cc1ccc(COC(C)C)cc1I. The molecule has 2 heteroatoms. The van der Waals surface area contributed by atoms with Crippen LogP contribution < -0.4 is 0 Å². The maximum Gasteiger partial charge on any atom is 0.0720 e. The Hall–Kier alpha value is -0.0900. The molecule has 0 aromatic heterocycles. The van der Waals surface area contributed by atoms with Crippen molar-refractivity contribution >= 4 is 22.6 Å². The summed E-state index contributed by atoms with van der Waals surface area (Å²) in [6.07, 6.45) is 0.305. The molecule has 1 nitrogen and oxygen atoms in total. The monoisotopic (exact) mass is 290 g/mol. The van der Waals surface area contributed by atoms with E-state index in [0.717, 1.165) is 0 Å². The molecule has 0 bridgehead atoms. The predicted octanol–water partition coefficient (Wildman–Crippen LogP) is 3.52. The van der Waals surface area contributed by atoms with E-state index in [1.807, 2.05) is 0 Å². The first-order valence-electron chi connectivity index (χ1n) is 4.46. The van der Waals surface area contributed by atoms with Crippen molar-refractivity contribution in [1.82, 2.24) is 0 Å². The van der Waals surface area contributed by atoms with Crippen LogP contribution in [0.2, 0.25) is 0 Å². The molecule has 0 unspecified atom stereocenters. The van der Waals surface area contributed by atoms with Gasteiger partial charge in [-0.1, -0.05) is 12.1 Å². The molecule has 0 spiro atoms. The largest absolute Gasteiger partial charge is 0.374 e. The Morgan fingerprint density at radius 1 is 1.38 bits per heavy atom. The second-order valence-corrected chi connectivity index (χ2v) is 4.61. The van der Waals surface area contributed by atoms with Crippen molar-refractivity contribution < 1.29 is 4.74 Å². The molecule has 0 aliphatic rings. The summed E-state index contributed by atoms with van der Waals surface area (Å²) in [5.41, 5.74) is 2.58. The zero-order chi connectivity index (χ0) is 9.84. The molecule has 1 aromatic rings. The molecule has 1 aromatic carbocycles. The molecule has 0 amide bonds. The maximum absolute atomic E-state index is 5.52. The first kappa shape index (κ1) is 11.0. The molecule has 0 atom stereocenters. The number of hydrogen-bond donors (Lipinski definition) is 0. The van der Waals surface area contributed by atoms with Crippen molar-refractivity contribution in [2.75, 3.05) is 0 Å². The van der Waals surface area contributed by atoms with Gasteiger partial charge in [-0.05, 0) is 60.6 Å². The highest BCUT2D eigenvalue weighted by molar-refractivity contribution is 14.1. The minimum Gasteiger partial charge on any atom is -0.374 e. The van der Waals surface area contributed by atoms with E-state index in [1.165, 1.54) is 14.7 Å². The summed E-state index contributed by atoms with van der Waals surface area (Å²) in [7, 11) is 0. The second kappa shape index (κ2) is 4.96. The number of benzene rings is 1. The van der Waals surface area contributed by atoms with E-state index in [1.54, 1.807) is 0 Å². The third-order valence-electron chi connectivity index (χ3n) is 1.82. The number of aryl methyl sites for hydroxylation is 1. The first-order valence-corrected chi connectivity index (χ1v) is 5.54. The summed E-state index contributed by atoms with van der Waals surface area (Å²) in [5.74, 6) is 0. The van der Waals surface area contributed by atoms with E-state index in [2.05, 4.69) is 61.6 Å². The smallest absolute Gasteiger partial charge is 0.0720 e. The Morgan fingerprint density at radius 2 is 2.08 bits per heavy atom. The molecule has 0 radical (unpaired) electrons. The van der Waals surface area contributed by atoms with Crippen LogP contribution in [0.5, 0.6) is 0 Å². The zero-order valence-corrected chi connectivity index (χ0v) is 10.5. The van der Waals surface area contributed by atoms with E-state index in [4.69, 9.17) is 4.74 Å². The van der Waals surface area contributed by atoms with Crippen LogP contribution in [0, 0.1) is 10.5 Å². The van der Waals surface area contributed by atoms with Gasteiger partial charge in [-0.15, -0.1) is 0 Å². The molecule has 72 valence electrons. The van der Waals surface area contributed by atoms with Crippen LogP contribution in [0.1, 0.15) is 25.0 Å². The Morgan fingerprint density at radius 3 is 2.62 bits per heavy atom. The molecular formula is C11H15IO. The van der Waals surface area contributed by atoms with E-state index in [9.17, 15) is 0 Å². The zero-order valence-electron chi connectivity index (χ0n) is 8.30. The fourth-order valence-corrected chi connectivity index (χ4v) is 1.57. The van der Waals surface area contributed by atoms with Crippen molar-refractivity contribution in [3.05, 3.63) is 32.9 Å². The van der Waals surface area contributed by atoms with Crippen LogP contribution in [0.4, 0.5) is 0 Å². The van der Waals surface area contributed by atoms with Crippen molar-refractivity contribution in [1.29, 1.82) is 0 Å². The summed E-state index contributed by atoms with van der Waals surface area (Å²) >= 11 is 2.35. The lowest BCUT2D eigenvalue weighted by atomic mass is 10.2. The Kier molecular flexibility index (Phi) is 4.19. The topological polar surface area (TPSA) is 9.23 Å². The van der Waals surface area contributed by atoms with E-state index in [0.29, 0.717) is 12.7 Å². The Balaban J connectivity index is 2.63. The Labute approximate surface area is 93.6 Å². The third-order valence-corrected chi connectivity index (χ3v) is 2.98. The summed E-state index contributed by atoms with van der Waals surface area (Å²) in [4.78, 5) is 0. The number of rotatable bonds is 3. The minimum absolute atomic E-state index is 0.305. The van der Waals surface area contributed by atoms with Gasteiger partial charge in [0.2, 0.25) is 0 Å². The summed E-state index contributed by atoms with van der Waals surface area (Å²) in [6, 6.07) is 6.44. The molecular weight excluding hydrogens is 275 g/mol. The molecule has 0 heterocycles. The van der Waals surface area contributed by atoms with Gasteiger partial charge < -0.3 is 4.74 Å². The van der Waals surface area contributed by atoms with Gasteiger partial charge in [-0.2, -0.15) is 0 Å². The maximum atomic E-state index is 5.52. The van der Waals surface area contributed by atoms with Crippen molar-refractivity contribution in [2.45, 2.75) is 33.5 Å². The molecule has 0 saturated heterocycles. The van der Waals surface area contributed by atoms with Crippen LogP contribution in [0.25, 0.3) is 0 Å². The summed E-state index contributed by atoms with van der Waals surface area (Å²) in [6.45, 7) is 6.95. The van der Waals surface area contributed by atoms with Gasteiger partial charge in [0.1, 0.15) is 0 Å². The van der Waals surface area contributed by atoms with Crippen LogP contribution in [0.3, 0.4) is 0 Å². The quantitative estimate of drug-likeness (QED) is 0.774. The normalized spacial score (nSPS) is 10.8. The fraction of sp³-hybridized carbons (Fsp3) is 0.455.